The minimum absolute atomic E-state index is 0.194. The lowest BCUT2D eigenvalue weighted by Crippen LogP contribution is -2.32. The Balaban J connectivity index is 1.53. The van der Waals surface area contributed by atoms with E-state index in [0.717, 1.165) is 46.9 Å². The van der Waals surface area contributed by atoms with Crippen molar-refractivity contribution in [3.05, 3.63) is 70.8 Å². The van der Waals surface area contributed by atoms with Gasteiger partial charge in [-0.25, -0.2) is 15.0 Å². The van der Waals surface area contributed by atoms with Gasteiger partial charge in [0.25, 0.3) is 0 Å². The zero-order valence-corrected chi connectivity index (χ0v) is 18.5. The molecule has 0 fully saturated rings. The number of benzene rings is 1. The van der Waals surface area contributed by atoms with E-state index in [1.165, 1.54) is 0 Å². The van der Waals surface area contributed by atoms with Crippen molar-refractivity contribution >= 4 is 11.5 Å². The van der Waals surface area contributed by atoms with Crippen LogP contribution < -0.4 is 15.0 Å². The van der Waals surface area contributed by atoms with Crippen molar-refractivity contribution in [3.8, 4) is 11.9 Å². The molecule has 1 aromatic carbocycles. The Hall–Kier alpha value is -3.70. The predicted molar refractivity (Wildman–Crippen MR) is 122 cm³/mol. The van der Waals surface area contributed by atoms with Crippen LogP contribution in [0.15, 0.2) is 42.9 Å². The SMILES string of the molecule is COc1ccc([C@@H](CNc2ncnc3c2CN(c2ccc(C)cc2C#N)CC3)OC)cn1. The number of nitriles is 1. The van der Waals surface area contributed by atoms with Gasteiger partial charge in [0, 0.05) is 56.6 Å². The third kappa shape index (κ3) is 4.48. The number of rotatable bonds is 7. The first kappa shape index (κ1) is 21.5. The second-order valence-electron chi connectivity index (χ2n) is 7.69. The van der Waals surface area contributed by atoms with Crippen molar-refractivity contribution in [2.24, 2.45) is 0 Å². The van der Waals surface area contributed by atoms with Crippen molar-refractivity contribution < 1.29 is 9.47 Å². The fraction of sp³-hybridized carbons (Fsp3) is 0.333. The van der Waals surface area contributed by atoms with E-state index in [2.05, 4.69) is 31.2 Å². The maximum Gasteiger partial charge on any atom is 0.212 e. The average Bonchev–Trinajstić information content (AvgIpc) is 2.84. The molecule has 0 amide bonds. The molecule has 1 aliphatic heterocycles. The summed E-state index contributed by atoms with van der Waals surface area (Å²) in [6.45, 7) is 3.97. The van der Waals surface area contributed by atoms with Crippen LogP contribution in [0.2, 0.25) is 0 Å². The van der Waals surface area contributed by atoms with Crippen molar-refractivity contribution in [2.45, 2.75) is 26.0 Å². The standard InChI is InChI=1S/C24H26N6O2/c1-16-4-6-21(18(10-16)11-25)30-9-8-20-19(14-30)24(29-15-28-20)27-13-22(31-2)17-5-7-23(32-3)26-12-17/h4-7,10,12,15,22H,8-9,13-14H2,1-3H3,(H,27,28,29)/t22-/m1/s1. The van der Waals surface area contributed by atoms with Gasteiger partial charge < -0.3 is 19.7 Å². The molecule has 3 heterocycles. The molecule has 0 radical (unpaired) electrons. The van der Waals surface area contributed by atoms with Gasteiger partial charge in [-0.2, -0.15) is 5.26 Å². The minimum atomic E-state index is -0.194. The van der Waals surface area contributed by atoms with E-state index in [1.54, 1.807) is 26.7 Å². The highest BCUT2D eigenvalue weighted by Gasteiger charge is 2.23. The molecule has 0 bridgehead atoms. The molecule has 32 heavy (non-hydrogen) atoms. The zero-order chi connectivity index (χ0) is 22.5. The predicted octanol–water partition coefficient (Wildman–Crippen LogP) is 3.42. The highest BCUT2D eigenvalue weighted by molar-refractivity contribution is 5.62. The van der Waals surface area contributed by atoms with E-state index < -0.39 is 0 Å². The number of pyridine rings is 1. The van der Waals surface area contributed by atoms with Crippen LogP contribution in [0, 0.1) is 18.3 Å². The van der Waals surface area contributed by atoms with Gasteiger partial charge in [-0.1, -0.05) is 6.07 Å². The Labute approximate surface area is 187 Å². The summed E-state index contributed by atoms with van der Waals surface area (Å²) in [5.41, 5.74) is 5.73. The monoisotopic (exact) mass is 430 g/mol. The normalized spacial score (nSPS) is 13.8. The van der Waals surface area contributed by atoms with Crippen LogP contribution in [0.25, 0.3) is 0 Å². The van der Waals surface area contributed by atoms with E-state index in [-0.39, 0.29) is 6.10 Å². The lowest BCUT2D eigenvalue weighted by molar-refractivity contribution is 0.113. The maximum atomic E-state index is 9.60. The van der Waals surface area contributed by atoms with Gasteiger partial charge in [0.2, 0.25) is 5.88 Å². The lowest BCUT2D eigenvalue weighted by atomic mass is 10.0. The van der Waals surface area contributed by atoms with E-state index in [4.69, 9.17) is 9.47 Å². The molecule has 1 N–H and O–H groups in total. The summed E-state index contributed by atoms with van der Waals surface area (Å²) in [6.07, 6.45) is 3.95. The first-order chi connectivity index (χ1) is 15.6. The topological polar surface area (TPSA) is 96.2 Å². The van der Waals surface area contributed by atoms with E-state index in [9.17, 15) is 5.26 Å². The minimum Gasteiger partial charge on any atom is -0.481 e. The highest BCUT2D eigenvalue weighted by atomic mass is 16.5. The quantitative estimate of drug-likeness (QED) is 0.609. The van der Waals surface area contributed by atoms with Gasteiger partial charge >= 0.3 is 0 Å². The van der Waals surface area contributed by atoms with Crippen LogP contribution >= 0.6 is 0 Å². The molecule has 1 atom stereocenters. The molecule has 4 rings (SSSR count). The Bertz CT molecular complexity index is 1130. The number of hydrogen-bond donors (Lipinski definition) is 1. The molecular formula is C24H26N6O2. The van der Waals surface area contributed by atoms with E-state index in [0.29, 0.717) is 24.5 Å². The van der Waals surface area contributed by atoms with Crippen molar-refractivity contribution in [1.82, 2.24) is 15.0 Å². The molecular weight excluding hydrogens is 404 g/mol. The molecule has 8 nitrogen and oxygen atoms in total. The van der Waals surface area contributed by atoms with Crippen LogP contribution in [0.4, 0.5) is 11.5 Å². The summed E-state index contributed by atoms with van der Waals surface area (Å²) in [5.74, 6) is 1.35. The van der Waals surface area contributed by atoms with Crippen molar-refractivity contribution in [2.75, 3.05) is 37.5 Å². The number of ether oxygens (including phenoxy) is 2. The number of anilines is 2. The number of nitrogens with one attached hydrogen (secondary N) is 1. The Morgan fingerprint density at radius 3 is 2.78 bits per heavy atom. The fourth-order valence-corrected chi connectivity index (χ4v) is 3.94. The Morgan fingerprint density at radius 1 is 1.19 bits per heavy atom. The van der Waals surface area contributed by atoms with Crippen molar-refractivity contribution in [1.29, 1.82) is 5.26 Å². The third-order valence-electron chi connectivity index (χ3n) is 5.69. The first-order valence-electron chi connectivity index (χ1n) is 10.5. The van der Waals surface area contributed by atoms with Gasteiger partial charge in [-0.3, -0.25) is 0 Å². The number of hydrogen-bond acceptors (Lipinski definition) is 8. The molecule has 164 valence electrons. The van der Waals surface area contributed by atoms with Crippen LogP contribution in [0.5, 0.6) is 5.88 Å². The highest BCUT2D eigenvalue weighted by Crippen LogP contribution is 2.30. The number of fused-ring (bicyclic) bond motifs is 1. The summed E-state index contributed by atoms with van der Waals surface area (Å²) >= 11 is 0. The second kappa shape index (κ2) is 9.62. The molecule has 3 aromatic rings. The zero-order valence-electron chi connectivity index (χ0n) is 18.5. The molecule has 8 heteroatoms. The first-order valence-corrected chi connectivity index (χ1v) is 10.5. The fourth-order valence-electron chi connectivity index (χ4n) is 3.94. The van der Waals surface area contributed by atoms with Gasteiger partial charge in [0.15, 0.2) is 0 Å². The lowest BCUT2D eigenvalue weighted by Gasteiger charge is -2.32. The average molecular weight is 431 g/mol. The Kier molecular flexibility index (Phi) is 6.47. The van der Waals surface area contributed by atoms with E-state index >= 15 is 0 Å². The van der Waals surface area contributed by atoms with Crippen molar-refractivity contribution in [3.63, 3.8) is 0 Å². The largest absolute Gasteiger partial charge is 0.481 e. The second-order valence-corrected chi connectivity index (χ2v) is 7.69. The summed E-state index contributed by atoms with van der Waals surface area (Å²) in [5, 5.41) is 13.0. The van der Waals surface area contributed by atoms with Gasteiger partial charge in [-0.05, 0) is 30.7 Å². The maximum absolute atomic E-state index is 9.60. The smallest absolute Gasteiger partial charge is 0.212 e. The molecule has 0 saturated carbocycles. The van der Waals surface area contributed by atoms with Gasteiger partial charge in [-0.15, -0.1) is 0 Å². The van der Waals surface area contributed by atoms with Crippen LogP contribution in [-0.4, -0.2) is 42.3 Å². The number of aryl methyl sites for hydroxylation is 1. The van der Waals surface area contributed by atoms with E-state index in [1.807, 2.05) is 37.3 Å². The molecule has 2 aromatic heterocycles. The van der Waals surface area contributed by atoms with Gasteiger partial charge in [0.05, 0.1) is 24.1 Å². The van der Waals surface area contributed by atoms with Crippen LogP contribution in [0.3, 0.4) is 0 Å². The number of aromatic nitrogens is 3. The number of nitrogens with zero attached hydrogens (tertiary/aromatic N) is 5. The Morgan fingerprint density at radius 2 is 2.06 bits per heavy atom. The summed E-state index contributed by atoms with van der Waals surface area (Å²) in [6, 6.07) is 12.1. The summed E-state index contributed by atoms with van der Waals surface area (Å²) in [7, 11) is 3.27. The van der Waals surface area contributed by atoms with Crippen LogP contribution in [-0.2, 0) is 17.7 Å². The van der Waals surface area contributed by atoms with Gasteiger partial charge in [0.1, 0.15) is 24.3 Å². The summed E-state index contributed by atoms with van der Waals surface area (Å²) < 4.78 is 10.8. The third-order valence-corrected chi connectivity index (χ3v) is 5.69. The molecule has 1 aliphatic rings. The molecule has 0 saturated heterocycles. The molecule has 0 aliphatic carbocycles. The van der Waals surface area contributed by atoms with Crippen LogP contribution in [0.1, 0.15) is 34.1 Å². The number of methoxy groups -OCH3 is 2. The molecule has 0 unspecified atom stereocenters. The summed E-state index contributed by atoms with van der Waals surface area (Å²) in [4.78, 5) is 15.5. The molecule has 0 spiro atoms.